The van der Waals surface area contributed by atoms with E-state index in [0.29, 0.717) is 17.8 Å². The molecule has 0 N–H and O–H groups in total. The third-order valence-corrected chi connectivity index (χ3v) is 23.1. The van der Waals surface area contributed by atoms with Gasteiger partial charge in [-0.2, -0.15) is 0 Å². The Morgan fingerprint density at radius 2 is 0.880 bits per heavy atom. The predicted octanol–water partition coefficient (Wildman–Crippen LogP) is 24.0. The molecule has 3 atom stereocenters. The number of rotatable bonds is 18. The summed E-state index contributed by atoms with van der Waals surface area (Å²) >= 11 is 0. The first-order valence-corrected chi connectivity index (χ1v) is 36.9. The molecule has 0 bridgehead atoms. The number of aryl methyl sites for hydroxylation is 4. The van der Waals surface area contributed by atoms with E-state index in [2.05, 4.69) is 232 Å². The van der Waals surface area contributed by atoms with Gasteiger partial charge in [0, 0.05) is 17.8 Å². The Balaban J connectivity index is 0.000000120. The smallest absolute Gasteiger partial charge is 0.0281 e. The standard InChI is InChI=1S/C34H38.C30H34.C28H30/c1-23(2)25-13-15-28(16-14-25)27-11-9-24(10-12-27)21-30-19-20-33(34-8-4-7-32(30)34)31-18-17-26-5-3-6-29(26)22-31;1-3-8-23(9-4-1)14-15-24-16-18-25(19-17-24)22-27-20-21-29(26-10-5-2-6-11-26)30-13-7-12-28(27)30;1-2-8-24(9-3-1)27-19-18-25(26-10-5-11-28(26)27)20-23-16-14-22(15-17-23)7-4-6-21-12-13-21/h4,7-12,17-20,22-23,25,28,34H,3,5-6,13-16,21H2,1-2H3;5,7,10-13,16-21,23,30H,1-4,6,8-9,14-15,22H2;2,5,8-11,14-19,21,28H,1,3-4,6-7,12-13,20H2. The van der Waals surface area contributed by atoms with Crippen molar-refractivity contribution in [2.75, 3.05) is 0 Å². The van der Waals surface area contributed by atoms with Crippen molar-refractivity contribution in [2.45, 2.75) is 187 Å². The average molecular weight is 1210 g/mol. The summed E-state index contributed by atoms with van der Waals surface area (Å²) in [4.78, 5) is 0. The second-order valence-corrected chi connectivity index (χ2v) is 29.6. The summed E-state index contributed by atoms with van der Waals surface area (Å²) in [6.07, 6.45) is 83.1. The lowest BCUT2D eigenvalue weighted by Gasteiger charge is -2.31. The minimum atomic E-state index is 0.412. The summed E-state index contributed by atoms with van der Waals surface area (Å²) in [6.45, 7) is 4.78. The Labute approximate surface area is 554 Å². The summed E-state index contributed by atoms with van der Waals surface area (Å²) in [5, 5.41) is 0. The monoisotopic (exact) mass is 1210 g/mol. The Morgan fingerprint density at radius 3 is 1.40 bits per heavy atom. The molecule has 0 amide bonds. The quantitative estimate of drug-likeness (QED) is 0.0931. The molecule has 3 unspecified atom stereocenters. The zero-order valence-electron chi connectivity index (χ0n) is 55.8. The fourth-order valence-electron chi connectivity index (χ4n) is 17.2. The molecule has 0 spiro atoms. The van der Waals surface area contributed by atoms with Crippen molar-refractivity contribution >= 4 is 5.57 Å². The lowest BCUT2D eigenvalue weighted by Crippen LogP contribution is -2.17. The Hall–Kier alpha value is -7.28. The molecule has 12 aliphatic rings. The second kappa shape index (κ2) is 29.8. The molecule has 0 nitrogen and oxygen atoms in total. The first-order chi connectivity index (χ1) is 45.4. The average Bonchev–Trinajstić information content (AvgIpc) is 1.60. The maximum Gasteiger partial charge on any atom is 0.0281 e. The van der Waals surface area contributed by atoms with Gasteiger partial charge in [-0.1, -0.05) is 284 Å². The molecule has 4 aromatic carbocycles. The SMILES string of the molecule is C1=CC2C(C3=CCCC=C3)=CC=C(Cc3ccc(CCC4CCCCC4)cc3)C2=C1.C1=CC2C(C3=CCCC=C3)=CC=C(Cc3ccc(CCCC4CC4)cc3)C2=C1.CC(C)C1CCC(c2ccc(CC3=CC=C(c4ccc5c(c4)CCC5)C4C=CC=C34)cc2)CC1. The van der Waals surface area contributed by atoms with Gasteiger partial charge in [0.15, 0.2) is 0 Å². The normalized spacial score (nSPS) is 24.2. The lowest BCUT2D eigenvalue weighted by molar-refractivity contribution is 0.259. The molecule has 470 valence electrons. The van der Waals surface area contributed by atoms with Crippen LogP contribution in [-0.4, -0.2) is 0 Å². The van der Waals surface area contributed by atoms with Crippen molar-refractivity contribution < 1.29 is 0 Å². The van der Waals surface area contributed by atoms with Gasteiger partial charge in [0.05, 0.1) is 0 Å². The van der Waals surface area contributed by atoms with Crippen LogP contribution in [0.25, 0.3) is 5.57 Å². The van der Waals surface area contributed by atoms with Gasteiger partial charge in [0.2, 0.25) is 0 Å². The Bertz CT molecular complexity index is 3820. The Kier molecular flexibility index (Phi) is 20.1. The predicted molar refractivity (Wildman–Crippen MR) is 392 cm³/mol. The largest absolute Gasteiger partial charge is 0.0836 e. The first-order valence-electron chi connectivity index (χ1n) is 36.9. The van der Waals surface area contributed by atoms with Gasteiger partial charge in [-0.3, -0.25) is 0 Å². The van der Waals surface area contributed by atoms with E-state index in [1.54, 1.807) is 16.7 Å². The van der Waals surface area contributed by atoms with E-state index in [1.807, 2.05) is 0 Å². The van der Waals surface area contributed by atoms with E-state index in [0.717, 1.165) is 48.9 Å². The molecule has 0 heteroatoms. The molecule has 12 aliphatic carbocycles. The zero-order valence-corrected chi connectivity index (χ0v) is 55.8. The van der Waals surface area contributed by atoms with Gasteiger partial charge < -0.3 is 0 Å². The highest BCUT2D eigenvalue weighted by Crippen LogP contribution is 2.46. The van der Waals surface area contributed by atoms with Gasteiger partial charge in [0.1, 0.15) is 0 Å². The third-order valence-electron chi connectivity index (χ3n) is 23.1. The van der Waals surface area contributed by atoms with Crippen LogP contribution in [0.5, 0.6) is 0 Å². The molecule has 16 rings (SSSR count). The van der Waals surface area contributed by atoms with Crippen molar-refractivity contribution in [2.24, 2.45) is 41.4 Å². The fourth-order valence-corrected chi connectivity index (χ4v) is 17.2. The lowest BCUT2D eigenvalue weighted by atomic mass is 9.74. The van der Waals surface area contributed by atoms with E-state index in [-0.39, 0.29) is 0 Å². The minimum Gasteiger partial charge on any atom is -0.0836 e. The number of fused-ring (bicyclic) bond motifs is 4. The van der Waals surface area contributed by atoms with Gasteiger partial charge >= 0.3 is 0 Å². The molecule has 0 aliphatic heterocycles. The number of hydrogen-bond donors (Lipinski definition) is 0. The summed E-state index contributed by atoms with van der Waals surface area (Å²) in [6, 6.07) is 35.7. The van der Waals surface area contributed by atoms with Crippen LogP contribution in [0.2, 0.25) is 0 Å². The van der Waals surface area contributed by atoms with E-state index < -0.39 is 0 Å². The van der Waals surface area contributed by atoms with E-state index in [9.17, 15) is 0 Å². The molecule has 3 saturated carbocycles. The van der Waals surface area contributed by atoms with Gasteiger partial charge in [-0.15, -0.1) is 0 Å². The van der Waals surface area contributed by atoms with Crippen LogP contribution < -0.4 is 0 Å². The molecule has 0 aromatic heterocycles. The van der Waals surface area contributed by atoms with E-state index in [1.165, 1.54) is 242 Å². The highest BCUT2D eigenvalue weighted by Gasteiger charge is 2.31. The molecule has 4 aromatic rings. The van der Waals surface area contributed by atoms with Crippen LogP contribution in [0.3, 0.4) is 0 Å². The van der Waals surface area contributed by atoms with Crippen molar-refractivity contribution in [3.8, 4) is 0 Å². The van der Waals surface area contributed by atoms with Crippen LogP contribution in [0.4, 0.5) is 0 Å². The minimum absolute atomic E-state index is 0.412. The van der Waals surface area contributed by atoms with Crippen molar-refractivity contribution in [3.05, 3.63) is 324 Å². The third kappa shape index (κ3) is 15.2. The second-order valence-electron chi connectivity index (χ2n) is 29.6. The summed E-state index contributed by atoms with van der Waals surface area (Å²) in [5.41, 5.74) is 29.5. The molecular weight excluding hydrogens is 1110 g/mol. The van der Waals surface area contributed by atoms with Crippen LogP contribution in [0.15, 0.2) is 274 Å². The summed E-state index contributed by atoms with van der Waals surface area (Å²) < 4.78 is 0. The maximum absolute atomic E-state index is 2.46. The van der Waals surface area contributed by atoms with E-state index in [4.69, 9.17) is 0 Å². The van der Waals surface area contributed by atoms with Crippen LogP contribution in [0, 0.1) is 41.4 Å². The van der Waals surface area contributed by atoms with Crippen molar-refractivity contribution in [3.63, 3.8) is 0 Å². The summed E-state index contributed by atoms with van der Waals surface area (Å²) in [7, 11) is 0. The van der Waals surface area contributed by atoms with Crippen molar-refractivity contribution in [1.82, 2.24) is 0 Å². The van der Waals surface area contributed by atoms with Gasteiger partial charge in [-0.25, -0.2) is 0 Å². The fraction of sp³-hybridized carbons (Fsp3) is 0.391. The molecular formula is C92H102. The van der Waals surface area contributed by atoms with Crippen molar-refractivity contribution in [1.29, 1.82) is 0 Å². The van der Waals surface area contributed by atoms with Crippen LogP contribution in [-0.2, 0) is 44.9 Å². The van der Waals surface area contributed by atoms with Crippen LogP contribution in [0.1, 0.15) is 192 Å². The first kappa shape index (κ1) is 62.2. The van der Waals surface area contributed by atoms with Gasteiger partial charge in [0.25, 0.3) is 0 Å². The van der Waals surface area contributed by atoms with Crippen LogP contribution >= 0.6 is 0 Å². The molecule has 92 heavy (non-hydrogen) atoms. The summed E-state index contributed by atoms with van der Waals surface area (Å²) in [5.74, 6) is 5.86. The maximum atomic E-state index is 2.46. The molecule has 0 heterocycles. The number of allylic oxidation sites excluding steroid dienone is 32. The highest BCUT2D eigenvalue weighted by molar-refractivity contribution is 5.79. The Morgan fingerprint density at radius 1 is 0.391 bits per heavy atom. The highest BCUT2D eigenvalue weighted by atomic mass is 14.4. The topological polar surface area (TPSA) is 0 Å². The molecule has 3 fully saturated rings. The van der Waals surface area contributed by atoms with Gasteiger partial charge in [-0.05, 0) is 257 Å². The number of hydrogen-bond acceptors (Lipinski definition) is 0. The zero-order chi connectivity index (χ0) is 62.0. The molecule has 0 radical (unpaired) electrons. The van der Waals surface area contributed by atoms with E-state index >= 15 is 0 Å². The number of benzene rings is 4. The molecule has 0 saturated heterocycles.